The Bertz CT molecular complexity index is 830. The van der Waals surface area contributed by atoms with Crippen molar-refractivity contribution >= 4 is 39.7 Å². The molecule has 8 heteroatoms. The van der Waals surface area contributed by atoms with Crippen molar-refractivity contribution in [3.05, 3.63) is 51.2 Å². The van der Waals surface area contributed by atoms with E-state index in [4.69, 9.17) is 21.1 Å². The number of ether oxygens (including phenoxy) is 2. The molecule has 0 fully saturated rings. The number of rotatable bonds is 8. The van der Waals surface area contributed by atoms with Crippen molar-refractivity contribution in [2.75, 3.05) is 6.61 Å². The van der Waals surface area contributed by atoms with Gasteiger partial charge in [0.05, 0.1) is 29.0 Å². The summed E-state index contributed by atoms with van der Waals surface area (Å²) in [6, 6.07) is 6.85. The zero-order valence-electron chi connectivity index (χ0n) is 15.3. The second-order valence-electron chi connectivity index (χ2n) is 5.64. The molecule has 0 radical (unpaired) electrons. The minimum atomic E-state index is -0.440. The molecule has 1 atom stereocenters. The minimum Gasteiger partial charge on any atom is -0.490 e. The molecule has 1 N–H and O–H groups in total. The highest BCUT2D eigenvalue weighted by Gasteiger charge is 2.14. The molecule has 0 saturated carbocycles. The predicted octanol–water partition coefficient (Wildman–Crippen LogP) is 4.84. The molecule has 6 nitrogen and oxygen atoms in total. The minimum absolute atomic E-state index is 0.0588. The van der Waals surface area contributed by atoms with Crippen LogP contribution in [0.4, 0.5) is 0 Å². The summed E-state index contributed by atoms with van der Waals surface area (Å²) in [5.74, 6) is 0.815. The van der Waals surface area contributed by atoms with Gasteiger partial charge in [-0.3, -0.25) is 4.79 Å². The van der Waals surface area contributed by atoms with Crippen molar-refractivity contribution in [2.45, 2.75) is 33.3 Å². The third-order valence-electron chi connectivity index (χ3n) is 3.61. The van der Waals surface area contributed by atoms with Crippen LogP contribution in [0, 0.1) is 0 Å². The quantitative estimate of drug-likeness (QED) is 0.352. The van der Waals surface area contributed by atoms with Crippen LogP contribution in [0.2, 0.25) is 5.15 Å². The largest absolute Gasteiger partial charge is 0.490 e. The number of hydrogen-bond acceptors (Lipinski definition) is 5. The Hall–Kier alpha value is -2.12. The van der Waals surface area contributed by atoms with Crippen LogP contribution in [0.25, 0.3) is 0 Å². The fourth-order valence-electron chi connectivity index (χ4n) is 2.11. The van der Waals surface area contributed by atoms with E-state index in [0.717, 1.165) is 16.5 Å². The maximum atomic E-state index is 12.1. The molecule has 0 aliphatic rings. The topological polar surface area (TPSA) is 72.8 Å². The zero-order valence-corrected chi connectivity index (χ0v) is 17.7. The SMILES string of the molecule is CCOc1cc(C=NNC(=O)c2cccnc2Cl)cc(Br)c1OC(C)CC. The van der Waals surface area contributed by atoms with Gasteiger partial charge in [0, 0.05) is 6.20 Å². The van der Waals surface area contributed by atoms with Crippen LogP contribution in [0.3, 0.4) is 0 Å². The van der Waals surface area contributed by atoms with Crippen molar-refractivity contribution < 1.29 is 14.3 Å². The highest BCUT2D eigenvalue weighted by Crippen LogP contribution is 2.37. The summed E-state index contributed by atoms with van der Waals surface area (Å²) in [6.45, 7) is 6.45. The number of carbonyl (C=O) groups excluding carboxylic acids is 1. The average Bonchev–Trinajstić information content (AvgIpc) is 2.64. The van der Waals surface area contributed by atoms with E-state index in [1.54, 1.807) is 18.2 Å². The van der Waals surface area contributed by atoms with Gasteiger partial charge >= 0.3 is 0 Å². The Balaban J connectivity index is 2.17. The van der Waals surface area contributed by atoms with E-state index in [1.807, 2.05) is 19.9 Å². The van der Waals surface area contributed by atoms with Gasteiger partial charge < -0.3 is 9.47 Å². The summed E-state index contributed by atoms with van der Waals surface area (Å²) < 4.78 is 12.4. The van der Waals surface area contributed by atoms with E-state index in [-0.39, 0.29) is 16.8 Å². The summed E-state index contributed by atoms with van der Waals surface area (Å²) in [4.78, 5) is 16.0. The number of aromatic nitrogens is 1. The van der Waals surface area contributed by atoms with Crippen LogP contribution >= 0.6 is 27.5 Å². The fraction of sp³-hybridized carbons (Fsp3) is 0.316. The molecule has 0 bridgehead atoms. The van der Waals surface area contributed by atoms with Crippen molar-refractivity contribution in [3.63, 3.8) is 0 Å². The molecule has 2 rings (SSSR count). The van der Waals surface area contributed by atoms with Crippen LogP contribution in [-0.2, 0) is 0 Å². The number of nitrogens with one attached hydrogen (secondary N) is 1. The number of amides is 1. The van der Waals surface area contributed by atoms with Gasteiger partial charge in [0.15, 0.2) is 11.5 Å². The third kappa shape index (κ3) is 5.94. The van der Waals surface area contributed by atoms with Gasteiger partial charge in [0.2, 0.25) is 0 Å². The smallest absolute Gasteiger partial charge is 0.274 e. The second-order valence-corrected chi connectivity index (χ2v) is 6.85. The van der Waals surface area contributed by atoms with Crippen LogP contribution in [-0.4, -0.2) is 29.8 Å². The summed E-state index contributed by atoms with van der Waals surface area (Å²) in [7, 11) is 0. The first-order valence-electron chi connectivity index (χ1n) is 8.53. The first-order valence-corrected chi connectivity index (χ1v) is 9.70. The molecule has 0 spiro atoms. The normalized spacial score (nSPS) is 12.0. The molecule has 0 saturated heterocycles. The number of hydrogen-bond donors (Lipinski definition) is 1. The molecule has 1 aromatic heterocycles. The van der Waals surface area contributed by atoms with Crippen molar-refractivity contribution in [1.82, 2.24) is 10.4 Å². The summed E-state index contributed by atoms with van der Waals surface area (Å²) >= 11 is 9.41. The number of halogens is 2. The lowest BCUT2D eigenvalue weighted by Crippen LogP contribution is -2.18. The molecule has 1 heterocycles. The Labute approximate surface area is 172 Å². The summed E-state index contributed by atoms with van der Waals surface area (Å²) in [6.07, 6.45) is 3.97. The first-order chi connectivity index (χ1) is 13.0. The van der Waals surface area contributed by atoms with E-state index in [9.17, 15) is 4.79 Å². The van der Waals surface area contributed by atoms with E-state index >= 15 is 0 Å². The fourth-order valence-corrected chi connectivity index (χ4v) is 2.86. The first kappa shape index (κ1) is 21.2. The standard InChI is InChI=1S/C19H21BrClN3O3/c1-4-12(3)27-17-15(20)9-13(10-16(17)26-5-2)11-23-24-19(25)14-7-6-8-22-18(14)21/h6-12H,4-5H2,1-3H3,(H,24,25). The van der Waals surface area contributed by atoms with E-state index in [2.05, 4.69) is 38.4 Å². The number of hydrazone groups is 1. The molecule has 1 aromatic carbocycles. The average molecular weight is 455 g/mol. The van der Waals surface area contributed by atoms with Gasteiger partial charge in [0.25, 0.3) is 5.91 Å². The maximum absolute atomic E-state index is 12.1. The van der Waals surface area contributed by atoms with Crippen LogP contribution in [0.15, 0.2) is 40.0 Å². The summed E-state index contributed by atoms with van der Waals surface area (Å²) in [5.41, 5.74) is 3.42. The van der Waals surface area contributed by atoms with E-state index in [1.165, 1.54) is 12.4 Å². The Morgan fingerprint density at radius 3 is 2.89 bits per heavy atom. The molecular weight excluding hydrogens is 434 g/mol. The monoisotopic (exact) mass is 453 g/mol. The number of pyridine rings is 1. The van der Waals surface area contributed by atoms with Gasteiger partial charge in [-0.05, 0) is 66.0 Å². The second kappa shape index (κ2) is 10.3. The molecule has 0 aliphatic heterocycles. The third-order valence-corrected chi connectivity index (χ3v) is 4.50. The van der Waals surface area contributed by atoms with Crippen LogP contribution in [0.1, 0.15) is 43.1 Å². The molecule has 2 aromatic rings. The van der Waals surface area contributed by atoms with E-state index < -0.39 is 5.91 Å². The van der Waals surface area contributed by atoms with Gasteiger partial charge in [-0.1, -0.05) is 18.5 Å². The molecule has 1 unspecified atom stereocenters. The predicted molar refractivity (Wildman–Crippen MR) is 110 cm³/mol. The Kier molecular flexibility index (Phi) is 8.06. The summed E-state index contributed by atoms with van der Waals surface area (Å²) in [5, 5.41) is 4.10. The Morgan fingerprint density at radius 1 is 1.44 bits per heavy atom. The van der Waals surface area contributed by atoms with Gasteiger partial charge in [-0.25, -0.2) is 10.4 Å². The molecule has 0 aliphatic carbocycles. The molecule has 144 valence electrons. The van der Waals surface area contributed by atoms with Crippen LogP contribution in [0.5, 0.6) is 11.5 Å². The lowest BCUT2D eigenvalue weighted by Gasteiger charge is -2.18. The number of nitrogens with zero attached hydrogens (tertiary/aromatic N) is 2. The van der Waals surface area contributed by atoms with Gasteiger partial charge in [0.1, 0.15) is 5.15 Å². The zero-order chi connectivity index (χ0) is 19.8. The van der Waals surface area contributed by atoms with Crippen molar-refractivity contribution in [1.29, 1.82) is 0 Å². The Morgan fingerprint density at radius 2 is 2.22 bits per heavy atom. The highest BCUT2D eigenvalue weighted by atomic mass is 79.9. The van der Waals surface area contributed by atoms with Crippen molar-refractivity contribution in [2.24, 2.45) is 5.10 Å². The van der Waals surface area contributed by atoms with Crippen LogP contribution < -0.4 is 14.9 Å². The van der Waals surface area contributed by atoms with E-state index in [0.29, 0.717) is 18.1 Å². The molecule has 27 heavy (non-hydrogen) atoms. The maximum Gasteiger partial charge on any atom is 0.274 e. The lowest BCUT2D eigenvalue weighted by molar-refractivity contribution is 0.0955. The van der Waals surface area contributed by atoms with Crippen molar-refractivity contribution in [3.8, 4) is 11.5 Å². The van der Waals surface area contributed by atoms with Gasteiger partial charge in [-0.2, -0.15) is 5.10 Å². The number of benzene rings is 1. The number of carbonyl (C=O) groups is 1. The molecule has 1 amide bonds. The van der Waals surface area contributed by atoms with Gasteiger partial charge in [-0.15, -0.1) is 0 Å². The molecular formula is C19H21BrClN3O3. The lowest BCUT2D eigenvalue weighted by atomic mass is 10.2. The highest BCUT2D eigenvalue weighted by molar-refractivity contribution is 9.10.